The third-order valence-electron chi connectivity index (χ3n) is 4.07. The van der Waals surface area contributed by atoms with Gasteiger partial charge in [0.25, 0.3) is 5.91 Å². The van der Waals surface area contributed by atoms with E-state index in [9.17, 15) is 4.79 Å². The van der Waals surface area contributed by atoms with Crippen molar-refractivity contribution < 1.29 is 4.79 Å². The van der Waals surface area contributed by atoms with E-state index in [1.807, 2.05) is 42.5 Å². The van der Waals surface area contributed by atoms with Crippen molar-refractivity contribution in [3.8, 4) is 0 Å². The van der Waals surface area contributed by atoms with E-state index in [2.05, 4.69) is 25.6 Å². The zero-order chi connectivity index (χ0) is 17.1. The fraction of sp³-hybridized carbons (Fsp3) is 0.111. The molecule has 0 saturated carbocycles. The van der Waals surface area contributed by atoms with Crippen LogP contribution < -0.4 is 5.32 Å². The molecule has 0 radical (unpaired) electrons. The van der Waals surface area contributed by atoms with Crippen molar-refractivity contribution >= 4 is 16.8 Å². The molecular weight excluding hydrogens is 316 g/mol. The van der Waals surface area contributed by atoms with Crippen LogP contribution in [0.15, 0.2) is 67.4 Å². The first-order valence-electron chi connectivity index (χ1n) is 7.91. The number of carbonyl (C=O) groups is 1. The second-order valence-corrected chi connectivity index (χ2v) is 5.69. The number of H-pyrrole nitrogens is 1. The number of hydrogen-bond donors (Lipinski definition) is 2. The number of fused-ring (bicyclic) bond motifs is 1. The van der Waals surface area contributed by atoms with Gasteiger partial charge in [0.05, 0.1) is 29.9 Å². The maximum Gasteiger partial charge on any atom is 0.252 e. The summed E-state index contributed by atoms with van der Waals surface area (Å²) in [5.41, 5.74) is 2.43. The van der Waals surface area contributed by atoms with E-state index < -0.39 is 0 Å². The molecule has 1 amide bonds. The Morgan fingerprint density at radius 3 is 2.84 bits per heavy atom. The van der Waals surface area contributed by atoms with Gasteiger partial charge in [0.1, 0.15) is 12.7 Å². The first-order chi connectivity index (χ1) is 12.3. The maximum atomic E-state index is 12.9. The summed E-state index contributed by atoms with van der Waals surface area (Å²) in [7, 11) is 0. The number of nitrogens with one attached hydrogen (secondary N) is 2. The number of aromatic nitrogens is 5. The lowest BCUT2D eigenvalue weighted by Crippen LogP contribution is -2.31. The second-order valence-electron chi connectivity index (χ2n) is 5.69. The number of hydrogen-bond acceptors (Lipinski definition) is 4. The molecule has 124 valence electrons. The molecule has 0 aliphatic carbocycles. The molecule has 7 nitrogen and oxygen atoms in total. The lowest BCUT2D eigenvalue weighted by atomic mass is 10.1. The highest BCUT2D eigenvalue weighted by atomic mass is 16.1. The van der Waals surface area contributed by atoms with Crippen LogP contribution in [0.4, 0.5) is 0 Å². The zero-order valence-electron chi connectivity index (χ0n) is 13.3. The average Bonchev–Trinajstić information content (AvgIpc) is 3.33. The van der Waals surface area contributed by atoms with Crippen LogP contribution in [0, 0.1) is 0 Å². The lowest BCUT2D eigenvalue weighted by Gasteiger charge is -2.19. The number of benzene rings is 2. The van der Waals surface area contributed by atoms with Gasteiger partial charge in [-0.15, -0.1) is 0 Å². The Hall–Kier alpha value is -3.48. The van der Waals surface area contributed by atoms with Crippen LogP contribution in [0.2, 0.25) is 0 Å². The molecule has 0 saturated heterocycles. The Balaban J connectivity index is 1.64. The average molecular weight is 332 g/mol. The third kappa shape index (κ3) is 3.12. The predicted molar refractivity (Wildman–Crippen MR) is 92.8 cm³/mol. The molecule has 2 aromatic heterocycles. The smallest absolute Gasteiger partial charge is 0.252 e. The number of aromatic amines is 1. The van der Waals surface area contributed by atoms with E-state index in [4.69, 9.17) is 0 Å². The molecule has 0 unspecified atom stereocenters. The summed E-state index contributed by atoms with van der Waals surface area (Å²) in [5.74, 6) is -0.152. The van der Waals surface area contributed by atoms with Gasteiger partial charge in [-0.05, 0) is 17.7 Å². The number of nitrogens with zero attached hydrogens (tertiary/aromatic N) is 4. The van der Waals surface area contributed by atoms with E-state index in [0.29, 0.717) is 12.1 Å². The van der Waals surface area contributed by atoms with Crippen molar-refractivity contribution in [1.82, 2.24) is 30.3 Å². The quantitative estimate of drug-likeness (QED) is 0.587. The summed E-state index contributed by atoms with van der Waals surface area (Å²) in [6, 6.07) is 15.1. The molecule has 2 aromatic carbocycles. The standard InChI is InChI=1S/C18H16N6O/c25-18(14-7-4-8-16-15(14)9-20-23-16)22-17(10-24-12-19-11-21-24)13-5-2-1-3-6-13/h1-9,11-12,17H,10H2,(H,20,23)(H,22,25)/t17-/m1/s1. The van der Waals surface area contributed by atoms with Crippen LogP contribution in [0.3, 0.4) is 0 Å². The summed E-state index contributed by atoms with van der Waals surface area (Å²) in [4.78, 5) is 16.8. The predicted octanol–water partition coefficient (Wildman–Crippen LogP) is 2.33. The Morgan fingerprint density at radius 2 is 2.04 bits per heavy atom. The van der Waals surface area contributed by atoms with Crippen LogP contribution in [0.5, 0.6) is 0 Å². The van der Waals surface area contributed by atoms with Crippen LogP contribution in [-0.2, 0) is 6.54 Å². The highest BCUT2D eigenvalue weighted by Crippen LogP contribution is 2.19. The molecule has 2 N–H and O–H groups in total. The molecule has 4 rings (SSSR count). The second kappa shape index (κ2) is 6.56. The molecule has 0 bridgehead atoms. The van der Waals surface area contributed by atoms with Crippen molar-refractivity contribution in [1.29, 1.82) is 0 Å². The van der Waals surface area contributed by atoms with Gasteiger partial charge in [0, 0.05) is 5.39 Å². The van der Waals surface area contributed by atoms with Crippen LogP contribution in [0.1, 0.15) is 22.0 Å². The van der Waals surface area contributed by atoms with Gasteiger partial charge < -0.3 is 5.32 Å². The Kier molecular flexibility index (Phi) is 3.96. The molecular formula is C18H16N6O. The fourth-order valence-electron chi connectivity index (χ4n) is 2.84. The Labute approximate surface area is 143 Å². The van der Waals surface area contributed by atoms with Gasteiger partial charge in [0.15, 0.2) is 0 Å². The van der Waals surface area contributed by atoms with Crippen molar-refractivity contribution in [2.75, 3.05) is 0 Å². The molecule has 4 aromatic rings. The van der Waals surface area contributed by atoms with Crippen LogP contribution >= 0.6 is 0 Å². The van der Waals surface area contributed by atoms with Crippen molar-refractivity contribution in [3.05, 3.63) is 78.5 Å². The summed E-state index contributed by atoms with van der Waals surface area (Å²) in [5, 5.41) is 14.9. The first kappa shape index (κ1) is 15.1. The summed E-state index contributed by atoms with van der Waals surface area (Å²) in [6.45, 7) is 0.497. The zero-order valence-corrected chi connectivity index (χ0v) is 13.3. The monoisotopic (exact) mass is 332 g/mol. The topological polar surface area (TPSA) is 88.5 Å². The summed E-state index contributed by atoms with van der Waals surface area (Å²) in [6.07, 6.45) is 4.79. The number of amides is 1. The minimum absolute atomic E-state index is 0.152. The first-order valence-corrected chi connectivity index (χ1v) is 7.91. The van der Waals surface area contributed by atoms with E-state index >= 15 is 0 Å². The normalized spacial score (nSPS) is 12.2. The molecule has 25 heavy (non-hydrogen) atoms. The van der Waals surface area contributed by atoms with Crippen molar-refractivity contribution in [3.63, 3.8) is 0 Å². The Bertz CT molecular complexity index is 977. The van der Waals surface area contributed by atoms with Crippen LogP contribution in [0.25, 0.3) is 10.9 Å². The SMILES string of the molecule is O=C(N[C@H](Cn1cncn1)c1ccccc1)c1cccc2[nH]ncc12. The maximum absolute atomic E-state index is 12.9. The largest absolute Gasteiger partial charge is 0.343 e. The van der Waals surface area contributed by atoms with Gasteiger partial charge in [-0.2, -0.15) is 10.2 Å². The highest BCUT2D eigenvalue weighted by molar-refractivity contribution is 6.06. The van der Waals surface area contributed by atoms with Crippen molar-refractivity contribution in [2.24, 2.45) is 0 Å². The van der Waals surface area contributed by atoms with Gasteiger partial charge in [-0.25, -0.2) is 4.98 Å². The van der Waals surface area contributed by atoms with Gasteiger partial charge >= 0.3 is 0 Å². The van der Waals surface area contributed by atoms with Gasteiger partial charge in [-0.1, -0.05) is 36.4 Å². The summed E-state index contributed by atoms with van der Waals surface area (Å²) < 4.78 is 1.70. The molecule has 0 aliphatic heterocycles. The highest BCUT2D eigenvalue weighted by Gasteiger charge is 2.18. The molecule has 7 heteroatoms. The molecule has 0 fully saturated rings. The van der Waals surface area contributed by atoms with Crippen molar-refractivity contribution in [2.45, 2.75) is 12.6 Å². The minimum Gasteiger partial charge on any atom is -0.343 e. The van der Waals surface area contributed by atoms with E-state index in [1.165, 1.54) is 6.33 Å². The summed E-state index contributed by atoms with van der Waals surface area (Å²) >= 11 is 0. The third-order valence-corrected chi connectivity index (χ3v) is 4.07. The van der Waals surface area contributed by atoms with Crippen LogP contribution in [-0.4, -0.2) is 30.9 Å². The minimum atomic E-state index is -0.224. The van der Waals surface area contributed by atoms with E-state index in [0.717, 1.165) is 16.5 Å². The van der Waals surface area contributed by atoms with E-state index in [-0.39, 0.29) is 11.9 Å². The van der Waals surface area contributed by atoms with E-state index in [1.54, 1.807) is 23.3 Å². The fourth-order valence-corrected chi connectivity index (χ4v) is 2.84. The number of rotatable bonds is 5. The van der Waals surface area contributed by atoms with Gasteiger partial charge in [-0.3, -0.25) is 14.6 Å². The Morgan fingerprint density at radius 1 is 1.16 bits per heavy atom. The molecule has 1 atom stereocenters. The van der Waals surface area contributed by atoms with Gasteiger partial charge in [0.2, 0.25) is 0 Å². The molecule has 0 aliphatic rings. The molecule has 2 heterocycles. The lowest BCUT2D eigenvalue weighted by molar-refractivity contribution is 0.0933. The molecule has 0 spiro atoms. The number of carbonyl (C=O) groups excluding carboxylic acids is 1.